The average molecular weight is 411 g/mol. The van der Waals surface area contributed by atoms with Gasteiger partial charge in [0.1, 0.15) is 5.75 Å². The van der Waals surface area contributed by atoms with Gasteiger partial charge in [-0.2, -0.15) is 0 Å². The first kappa shape index (κ1) is 19.7. The number of aromatic hydroxyl groups is 1. The molecule has 0 radical (unpaired) electrons. The number of fused-ring (bicyclic) bond motifs is 1. The second kappa shape index (κ2) is 8.00. The lowest BCUT2D eigenvalue weighted by Crippen LogP contribution is -2.04. The Kier molecular flexibility index (Phi) is 5.08. The zero-order valence-electron chi connectivity index (χ0n) is 16.5. The predicted octanol–water partition coefficient (Wildman–Crippen LogP) is 5.02. The molecule has 1 heterocycles. The molecule has 0 fully saturated rings. The number of phenols is 1. The van der Waals surface area contributed by atoms with Crippen LogP contribution in [0.5, 0.6) is 5.75 Å². The van der Waals surface area contributed by atoms with Crippen molar-refractivity contribution in [3.8, 4) is 18.1 Å². The standard InChI is InChI=1S/C23H17N5O3/c1-3-15-5-4-6-16(12-15)24-22-23(25-19-10-8-18(29)11-14(19)2)26-20-9-7-17(28(30)31)13-21(20)27-22/h1,4-13,29H,2H3,(H,24,27)(H,25,26). The third-order valence-electron chi connectivity index (χ3n) is 4.61. The number of phenolic OH excluding ortho intramolecular Hbond substituents is 1. The first-order valence-corrected chi connectivity index (χ1v) is 9.29. The first-order valence-electron chi connectivity index (χ1n) is 9.29. The van der Waals surface area contributed by atoms with Gasteiger partial charge in [0.05, 0.1) is 16.0 Å². The van der Waals surface area contributed by atoms with Gasteiger partial charge in [-0.25, -0.2) is 9.97 Å². The zero-order chi connectivity index (χ0) is 22.0. The number of nitrogens with one attached hydrogen (secondary N) is 2. The minimum atomic E-state index is -0.476. The monoisotopic (exact) mass is 411 g/mol. The van der Waals surface area contributed by atoms with E-state index in [0.717, 1.165) is 11.3 Å². The molecule has 0 unspecified atom stereocenters. The van der Waals surface area contributed by atoms with Gasteiger partial charge < -0.3 is 15.7 Å². The molecule has 0 aliphatic rings. The highest BCUT2D eigenvalue weighted by Crippen LogP contribution is 2.31. The van der Waals surface area contributed by atoms with E-state index in [-0.39, 0.29) is 11.4 Å². The number of terminal acetylenes is 1. The number of hydrogen-bond acceptors (Lipinski definition) is 7. The van der Waals surface area contributed by atoms with Crippen LogP contribution in [0.4, 0.5) is 28.7 Å². The van der Waals surface area contributed by atoms with Crippen molar-refractivity contribution in [2.24, 2.45) is 0 Å². The van der Waals surface area contributed by atoms with Crippen molar-refractivity contribution in [3.05, 3.63) is 81.9 Å². The van der Waals surface area contributed by atoms with E-state index < -0.39 is 4.92 Å². The summed E-state index contributed by atoms with van der Waals surface area (Å²) in [4.78, 5) is 19.9. The van der Waals surface area contributed by atoms with E-state index in [0.29, 0.717) is 33.9 Å². The Hall–Kier alpha value is -4.64. The molecule has 4 aromatic rings. The van der Waals surface area contributed by atoms with Crippen LogP contribution in [0.2, 0.25) is 0 Å². The third kappa shape index (κ3) is 4.21. The number of non-ortho nitro benzene ring substituents is 1. The van der Waals surface area contributed by atoms with E-state index in [1.807, 2.05) is 19.1 Å². The van der Waals surface area contributed by atoms with Crippen LogP contribution in [0.3, 0.4) is 0 Å². The number of hydrogen-bond donors (Lipinski definition) is 3. The van der Waals surface area contributed by atoms with E-state index in [1.165, 1.54) is 12.1 Å². The summed E-state index contributed by atoms with van der Waals surface area (Å²) in [6.45, 7) is 1.85. The summed E-state index contributed by atoms with van der Waals surface area (Å²) in [5, 5.41) is 27.2. The number of aromatic nitrogens is 2. The molecule has 3 N–H and O–H groups in total. The maximum absolute atomic E-state index is 11.2. The summed E-state index contributed by atoms with van der Waals surface area (Å²) in [6, 6.07) is 16.5. The topological polar surface area (TPSA) is 113 Å². The maximum Gasteiger partial charge on any atom is 0.271 e. The number of anilines is 4. The highest BCUT2D eigenvalue weighted by molar-refractivity contribution is 5.85. The van der Waals surface area contributed by atoms with Crippen LogP contribution in [-0.4, -0.2) is 20.0 Å². The van der Waals surface area contributed by atoms with Crippen LogP contribution in [0.15, 0.2) is 60.7 Å². The quantitative estimate of drug-likeness (QED) is 0.183. The van der Waals surface area contributed by atoms with E-state index >= 15 is 0 Å². The van der Waals surface area contributed by atoms with Crippen molar-refractivity contribution >= 4 is 39.7 Å². The fourth-order valence-corrected chi connectivity index (χ4v) is 3.07. The molecule has 0 amide bonds. The lowest BCUT2D eigenvalue weighted by atomic mass is 10.2. The molecule has 0 aliphatic heterocycles. The van der Waals surface area contributed by atoms with Crippen molar-refractivity contribution in [3.63, 3.8) is 0 Å². The lowest BCUT2D eigenvalue weighted by Gasteiger charge is -2.15. The van der Waals surface area contributed by atoms with E-state index in [4.69, 9.17) is 6.42 Å². The molecule has 0 aliphatic carbocycles. The van der Waals surface area contributed by atoms with Gasteiger partial charge in [0.2, 0.25) is 0 Å². The zero-order valence-corrected chi connectivity index (χ0v) is 16.5. The van der Waals surface area contributed by atoms with Crippen LogP contribution in [0, 0.1) is 29.4 Å². The van der Waals surface area contributed by atoms with Crippen molar-refractivity contribution in [2.45, 2.75) is 6.92 Å². The highest BCUT2D eigenvalue weighted by Gasteiger charge is 2.14. The molecule has 0 atom stereocenters. The number of benzene rings is 3. The second-order valence-electron chi connectivity index (χ2n) is 6.83. The summed E-state index contributed by atoms with van der Waals surface area (Å²) < 4.78 is 0. The van der Waals surface area contributed by atoms with E-state index in [2.05, 4.69) is 26.5 Å². The minimum Gasteiger partial charge on any atom is -0.508 e. The van der Waals surface area contributed by atoms with Gasteiger partial charge in [0, 0.05) is 29.1 Å². The summed E-state index contributed by atoms with van der Waals surface area (Å²) >= 11 is 0. The molecule has 0 bridgehead atoms. The van der Waals surface area contributed by atoms with Gasteiger partial charge in [-0.3, -0.25) is 10.1 Å². The van der Waals surface area contributed by atoms with Crippen LogP contribution >= 0.6 is 0 Å². The Bertz CT molecular complexity index is 1360. The number of nitrogens with zero attached hydrogens (tertiary/aromatic N) is 3. The van der Waals surface area contributed by atoms with Gasteiger partial charge in [0.25, 0.3) is 5.69 Å². The summed E-state index contributed by atoms with van der Waals surface area (Å²) in [6.07, 6.45) is 5.49. The Labute approximate surface area is 177 Å². The number of nitro groups is 1. The van der Waals surface area contributed by atoms with Crippen molar-refractivity contribution in [1.29, 1.82) is 0 Å². The van der Waals surface area contributed by atoms with Crippen molar-refractivity contribution < 1.29 is 10.0 Å². The number of nitro benzene ring substituents is 1. The SMILES string of the molecule is C#Cc1cccc(Nc2nc3cc([N+](=O)[O-])ccc3nc2Nc2ccc(O)cc2C)c1. The summed E-state index contributed by atoms with van der Waals surface area (Å²) in [7, 11) is 0. The van der Waals surface area contributed by atoms with E-state index in [1.54, 1.807) is 36.4 Å². The van der Waals surface area contributed by atoms with Crippen LogP contribution in [0.25, 0.3) is 11.0 Å². The van der Waals surface area contributed by atoms with Crippen LogP contribution < -0.4 is 10.6 Å². The molecule has 31 heavy (non-hydrogen) atoms. The van der Waals surface area contributed by atoms with Crippen molar-refractivity contribution in [1.82, 2.24) is 9.97 Å². The normalized spacial score (nSPS) is 10.5. The Morgan fingerprint density at radius 1 is 1.00 bits per heavy atom. The fraction of sp³-hybridized carbons (Fsp3) is 0.0435. The van der Waals surface area contributed by atoms with Gasteiger partial charge >= 0.3 is 0 Å². The van der Waals surface area contributed by atoms with Crippen LogP contribution in [-0.2, 0) is 0 Å². The maximum atomic E-state index is 11.2. The molecule has 152 valence electrons. The highest BCUT2D eigenvalue weighted by atomic mass is 16.6. The van der Waals surface area contributed by atoms with Gasteiger partial charge in [-0.15, -0.1) is 6.42 Å². The Morgan fingerprint density at radius 2 is 1.77 bits per heavy atom. The smallest absolute Gasteiger partial charge is 0.271 e. The summed E-state index contributed by atoms with van der Waals surface area (Å²) in [5.74, 6) is 3.52. The largest absolute Gasteiger partial charge is 0.508 e. The molecule has 8 nitrogen and oxygen atoms in total. The fourth-order valence-electron chi connectivity index (χ4n) is 3.07. The third-order valence-corrected chi connectivity index (χ3v) is 4.61. The molecule has 0 saturated carbocycles. The molecule has 4 rings (SSSR count). The number of rotatable bonds is 5. The molecule has 8 heteroatoms. The molecular formula is C23H17N5O3. The Morgan fingerprint density at radius 3 is 2.52 bits per heavy atom. The lowest BCUT2D eigenvalue weighted by molar-refractivity contribution is -0.384. The number of aryl methyl sites for hydroxylation is 1. The van der Waals surface area contributed by atoms with E-state index in [9.17, 15) is 15.2 Å². The molecular weight excluding hydrogens is 394 g/mol. The average Bonchev–Trinajstić information content (AvgIpc) is 2.75. The summed E-state index contributed by atoms with van der Waals surface area (Å²) in [5.41, 5.74) is 3.72. The Balaban J connectivity index is 1.83. The van der Waals surface area contributed by atoms with Crippen molar-refractivity contribution in [2.75, 3.05) is 10.6 Å². The molecule has 3 aromatic carbocycles. The molecule has 0 spiro atoms. The molecule has 0 saturated heterocycles. The van der Waals surface area contributed by atoms with Crippen LogP contribution in [0.1, 0.15) is 11.1 Å². The van der Waals surface area contributed by atoms with Gasteiger partial charge in [-0.05, 0) is 55.0 Å². The molecule has 1 aromatic heterocycles. The van der Waals surface area contributed by atoms with Gasteiger partial charge in [0.15, 0.2) is 11.6 Å². The predicted molar refractivity (Wildman–Crippen MR) is 120 cm³/mol. The van der Waals surface area contributed by atoms with Gasteiger partial charge in [-0.1, -0.05) is 12.0 Å². The second-order valence-corrected chi connectivity index (χ2v) is 6.83. The minimum absolute atomic E-state index is 0.0721. The first-order chi connectivity index (χ1) is 14.9.